The van der Waals surface area contributed by atoms with Gasteiger partial charge in [-0.2, -0.15) is 0 Å². The number of rotatable bonds is 4. The lowest BCUT2D eigenvalue weighted by atomic mass is 10.1. The number of aromatic nitrogens is 3. The highest BCUT2D eigenvalue weighted by atomic mass is 16.2. The molecule has 0 saturated carbocycles. The van der Waals surface area contributed by atoms with E-state index in [2.05, 4.69) is 4.98 Å². The maximum Gasteiger partial charge on any atom is 0.329 e. The number of hydrogen-bond donors (Lipinski definition) is 0. The van der Waals surface area contributed by atoms with Gasteiger partial charge in [0.25, 0.3) is 0 Å². The number of likely N-dealkylation sites (tertiary alicyclic amines) is 1. The first-order valence-corrected chi connectivity index (χ1v) is 9.51. The third-order valence-corrected chi connectivity index (χ3v) is 5.36. The predicted octanol–water partition coefficient (Wildman–Crippen LogP) is 2.89. The molecule has 0 spiro atoms. The number of pyridine rings is 1. The topological polar surface area (TPSA) is 60.1 Å². The molecule has 1 unspecified atom stereocenters. The molecule has 6 heteroatoms. The van der Waals surface area contributed by atoms with E-state index in [1.807, 2.05) is 61.2 Å². The first kappa shape index (κ1) is 17.5. The minimum absolute atomic E-state index is 0.00683. The molecule has 1 saturated heterocycles. The van der Waals surface area contributed by atoms with Gasteiger partial charge >= 0.3 is 5.69 Å². The first-order valence-electron chi connectivity index (χ1n) is 9.51. The molecule has 4 rings (SSSR count). The van der Waals surface area contributed by atoms with Gasteiger partial charge in [-0.3, -0.25) is 18.9 Å². The van der Waals surface area contributed by atoms with E-state index in [1.54, 1.807) is 9.13 Å². The van der Waals surface area contributed by atoms with Crippen molar-refractivity contribution in [3.63, 3.8) is 0 Å². The van der Waals surface area contributed by atoms with Gasteiger partial charge in [0.05, 0.1) is 22.8 Å². The van der Waals surface area contributed by atoms with Crippen LogP contribution in [0.2, 0.25) is 0 Å². The Kier molecular flexibility index (Phi) is 4.56. The fourth-order valence-corrected chi connectivity index (χ4v) is 4.08. The summed E-state index contributed by atoms with van der Waals surface area (Å²) in [5, 5.41) is 0. The van der Waals surface area contributed by atoms with Crippen LogP contribution in [0.4, 0.5) is 0 Å². The molecule has 1 aliphatic heterocycles. The van der Waals surface area contributed by atoms with Crippen LogP contribution in [0.3, 0.4) is 0 Å². The van der Waals surface area contributed by atoms with E-state index in [1.165, 1.54) is 0 Å². The molecular weight excluding hydrogens is 340 g/mol. The van der Waals surface area contributed by atoms with Gasteiger partial charge in [0.15, 0.2) is 0 Å². The number of carbonyl (C=O) groups excluding carboxylic acids is 1. The Morgan fingerprint density at radius 1 is 1.11 bits per heavy atom. The van der Waals surface area contributed by atoms with E-state index >= 15 is 0 Å². The van der Waals surface area contributed by atoms with Gasteiger partial charge in [-0.1, -0.05) is 18.2 Å². The monoisotopic (exact) mass is 364 g/mol. The lowest BCUT2D eigenvalue weighted by molar-refractivity contribution is -0.132. The number of fused-ring (bicyclic) bond motifs is 1. The van der Waals surface area contributed by atoms with Crippen LogP contribution in [0.25, 0.3) is 11.0 Å². The molecule has 3 aromatic rings. The standard InChI is InChI=1S/C21H24N4O2/c1-3-23-18-10-4-5-11-19(18)25(21(23)27)14-20(26)24-13-7-12-17(24)16-9-6-8-15(2)22-16/h4-6,8-11,17H,3,7,12-14H2,1-2H3. The average molecular weight is 364 g/mol. The molecule has 1 aliphatic rings. The van der Waals surface area contributed by atoms with Gasteiger partial charge < -0.3 is 4.90 Å². The van der Waals surface area contributed by atoms with Crippen LogP contribution in [0.1, 0.15) is 37.2 Å². The Bertz CT molecular complexity index is 1050. The molecule has 27 heavy (non-hydrogen) atoms. The Morgan fingerprint density at radius 2 is 1.85 bits per heavy atom. The summed E-state index contributed by atoms with van der Waals surface area (Å²) in [6, 6.07) is 13.6. The Morgan fingerprint density at radius 3 is 2.56 bits per heavy atom. The third-order valence-electron chi connectivity index (χ3n) is 5.36. The number of nitrogens with zero attached hydrogens (tertiary/aromatic N) is 4. The molecule has 1 fully saturated rings. The number of aryl methyl sites for hydroxylation is 2. The van der Waals surface area contributed by atoms with Crippen LogP contribution in [0, 0.1) is 6.92 Å². The van der Waals surface area contributed by atoms with Gasteiger partial charge in [-0.25, -0.2) is 4.79 Å². The summed E-state index contributed by atoms with van der Waals surface area (Å²) in [7, 11) is 0. The summed E-state index contributed by atoms with van der Waals surface area (Å²) in [4.78, 5) is 32.4. The molecule has 2 aromatic heterocycles. The van der Waals surface area contributed by atoms with Crippen LogP contribution >= 0.6 is 0 Å². The number of amides is 1. The van der Waals surface area contributed by atoms with Crippen molar-refractivity contribution in [3.05, 3.63) is 64.3 Å². The average Bonchev–Trinajstić information content (AvgIpc) is 3.26. The zero-order valence-electron chi connectivity index (χ0n) is 15.8. The van der Waals surface area contributed by atoms with Crippen molar-refractivity contribution in [2.75, 3.05) is 6.54 Å². The van der Waals surface area contributed by atoms with E-state index in [9.17, 15) is 9.59 Å². The molecule has 0 aliphatic carbocycles. The van der Waals surface area contributed by atoms with Gasteiger partial charge in [-0.15, -0.1) is 0 Å². The molecule has 1 atom stereocenters. The van der Waals surface area contributed by atoms with E-state index in [0.717, 1.165) is 35.3 Å². The quantitative estimate of drug-likeness (QED) is 0.715. The third kappa shape index (κ3) is 3.05. The number of benzene rings is 1. The molecule has 0 radical (unpaired) electrons. The van der Waals surface area contributed by atoms with Gasteiger partial charge in [0.2, 0.25) is 5.91 Å². The molecule has 140 valence electrons. The van der Waals surface area contributed by atoms with Crippen LogP contribution < -0.4 is 5.69 Å². The smallest absolute Gasteiger partial charge is 0.329 e. The SMILES string of the molecule is CCn1c(=O)n(CC(=O)N2CCCC2c2cccc(C)n2)c2ccccc21. The van der Waals surface area contributed by atoms with Crippen molar-refractivity contribution in [2.24, 2.45) is 0 Å². The second-order valence-electron chi connectivity index (χ2n) is 7.05. The highest BCUT2D eigenvalue weighted by molar-refractivity contribution is 5.81. The van der Waals surface area contributed by atoms with Crippen molar-refractivity contribution in [1.29, 1.82) is 0 Å². The van der Waals surface area contributed by atoms with E-state index in [4.69, 9.17) is 0 Å². The Labute approximate surface area is 158 Å². The molecule has 0 bridgehead atoms. The zero-order valence-corrected chi connectivity index (χ0v) is 15.8. The lowest BCUT2D eigenvalue weighted by Crippen LogP contribution is -2.36. The fraction of sp³-hybridized carbons (Fsp3) is 0.381. The van der Waals surface area contributed by atoms with E-state index in [0.29, 0.717) is 13.1 Å². The molecule has 1 aromatic carbocycles. The second-order valence-corrected chi connectivity index (χ2v) is 7.05. The lowest BCUT2D eigenvalue weighted by Gasteiger charge is -2.24. The summed E-state index contributed by atoms with van der Waals surface area (Å²) in [5.74, 6) is -0.0260. The number of para-hydroxylation sites is 2. The van der Waals surface area contributed by atoms with Gasteiger partial charge in [-0.05, 0) is 51.0 Å². The summed E-state index contributed by atoms with van der Waals surface area (Å²) in [6.07, 6.45) is 1.87. The molecule has 6 nitrogen and oxygen atoms in total. The van der Waals surface area contributed by atoms with Crippen molar-refractivity contribution in [3.8, 4) is 0 Å². The Hall–Kier alpha value is -2.89. The van der Waals surface area contributed by atoms with Gasteiger partial charge in [0, 0.05) is 18.8 Å². The summed E-state index contributed by atoms with van der Waals surface area (Å²) >= 11 is 0. The number of carbonyl (C=O) groups is 1. The molecule has 1 amide bonds. The van der Waals surface area contributed by atoms with Crippen molar-refractivity contribution < 1.29 is 4.79 Å². The molecular formula is C21H24N4O2. The predicted molar refractivity (Wildman–Crippen MR) is 105 cm³/mol. The largest absolute Gasteiger partial charge is 0.333 e. The summed E-state index contributed by atoms with van der Waals surface area (Å²) in [5.41, 5.74) is 3.44. The maximum atomic E-state index is 13.1. The van der Waals surface area contributed by atoms with E-state index in [-0.39, 0.29) is 24.2 Å². The number of imidazole rings is 1. The molecule has 0 N–H and O–H groups in total. The van der Waals surface area contributed by atoms with Crippen LogP contribution in [0.15, 0.2) is 47.3 Å². The van der Waals surface area contributed by atoms with Crippen LogP contribution in [-0.2, 0) is 17.9 Å². The van der Waals surface area contributed by atoms with Crippen LogP contribution in [0.5, 0.6) is 0 Å². The van der Waals surface area contributed by atoms with Crippen molar-refractivity contribution >= 4 is 16.9 Å². The minimum Gasteiger partial charge on any atom is -0.333 e. The molecule has 3 heterocycles. The fourth-order valence-electron chi connectivity index (χ4n) is 4.08. The van der Waals surface area contributed by atoms with Gasteiger partial charge in [0.1, 0.15) is 6.54 Å². The van der Waals surface area contributed by atoms with Crippen molar-refractivity contribution in [1.82, 2.24) is 19.0 Å². The van der Waals surface area contributed by atoms with Crippen LogP contribution in [-0.4, -0.2) is 31.5 Å². The summed E-state index contributed by atoms with van der Waals surface area (Å²) < 4.78 is 3.31. The Balaban J connectivity index is 1.65. The second kappa shape index (κ2) is 7.02. The highest BCUT2D eigenvalue weighted by Crippen LogP contribution is 2.31. The normalized spacial score (nSPS) is 17.0. The number of hydrogen-bond acceptors (Lipinski definition) is 3. The first-order chi connectivity index (χ1) is 13.1. The van der Waals surface area contributed by atoms with E-state index < -0.39 is 0 Å². The zero-order chi connectivity index (χ0) is 19.0. The highest BCUT2D eigenvalue weighted by Gasteiger charge is 2.31. The maximum absolute atomic E-state index is 13.1. The van der Waals surface area contributed by atoms with Crippen molar-refractivity contribution in [2.45, 2.75) is 45.8 Å². The minimum atomic E-state index is -0.128. The summed E-state index contributed by atoms with van der Waals surface area (Å²) in [6.45, 7) is 5.26.